The number of esters is 1. The molecule has 0 N–H and O–H groups in total. The molecule has 7 heteroatoms. The van der Waals surface area contributed by atoms with Gasteiger partial charge in [0.25, 0.3) is 0 Å². The molecule has 18 heavy (non-hydrogen) atoms. The highest BCUT2D eigenvalue weighted by atomic mass is 35.5. The van der Waals surface area contributed by atoms with Crippen molar-refractivity contribution in [3.05, 3.63) is 28.8 Å². The van der Waals surface area contributed by atoms with Gasteiger partial charge in [0.15, 0.2) is 5.75 Å². The molecule has 0 unspecified atom stereocenters. The number of benzene rings is 1. The molecule has 0 aliphatic heterocycles. The fourth-order valence-corrected chi connectivity index (χ4v) is 1.93. The number of carbonyl (C=O) groups is 1. The average molecular weight is 293 g/mol. The third-order valence-corrected chi connectivity index (χ3v) is 2.69. The number of hydrogen-bond acceptors (Lipinski definition) is 5. The van der Waals surface area contributed by atoms with Gasteiger partial charge in [-0.05, 0) is 24.6 Å². The van der Waals surface area contributed by atoms with Crippen molar-refractivity contribution in [3.8, 4) is 5.75 Å². The summed E-state index contributed by atoms with van der Waals surface area (Å²) in [7, 11) is -3.66. The Morgan fingerprint density at radius 2 is 2.06 bits per heavy atom. The summed E-state index contributed by atoms with van der Waals surface area (Å²) in [4.78, 5) is 11.3. The summed E-state index contributed by atoms with van der Waals surface area (Å²) in [6, 6.07) is 4.48. The Morgan fingerprint density at radius 1 is 1.39 bits per heavy atom. The summed E-state index contributed by atoms with van der Waals surface area (Å²) in [5.74, 6) is -0.397. The van der Waals surface area contributed by atoms with Gasteiger partial charge in [-0.15, -0.1) is 0 Å². The van der Waals surface area contributed by atoms with E-state index in [1.807, 2.05) is 0 Å². The van der Waals surface area contributed by atoms with Crippen LogP contribution < -0.4 is 4.18 Å². The van der Waals surface area contributed by atoms with E-state index in [4.69, 9.17) is 20.5 Å². The maximum atomic E-state index is 11.3. The van der Waals surface area contributed by atoms with Crippen molar-refractivity contribution >= 4 is 27.7 Å². The van der Waals surface area contributed by atoms with Crippen LogP contribution in [0.15, 0.2) is 18.2 Å². The van der Waals surface area contributed by atoms with E-state index in [2.05, 4.69) is 0 Å². The van der Waals surface area contributed by atoms with Crippen molar-refractivity contribution in [2.24, 2.45) is 0 Å². The SMILES string of the molecule is CCOC(=O)Cc1ccc(Cl)c(OS(C)(=O)=O)c1. The molecule has 0 atom stereocenters. The molecule has 0 saturated carbocycles. The molecule has 0 saturated heterocycles. The molecule has 1 aromatic rings. The van der Waals surface area contributed by atoms with Gasteiger partial charge in [-0.3, -0.25) is 4.79 Å². The van der Waals surface area contributed by atoms with E-state index in [9.17, 15) is 13.2 Å². The zero-order valence-electron chi connectivity index (χ0n) is 9.97. The Balaban J connectivity index is 2.90. The fourth-order valence-electron chi connectivity index (χ4n) is 1.26. The molecule has 0 spiro atoms. The van der Waals surface area contributed by atoms with E-state index in [1.54, 1.807) is 13.0 Å². The lowest BCUT2D eigenvalue weighted by Crippen LogP contribution is -2.09. The molecule has 1 aromatic carbocycles. The Morgan fingerprint density at radius 3 is 2.61 bits per heavy atom. The minimum atomic E-state index is -3.66. The van der Waals surface area contributed by atoms with Crippen LogP contribution in [0.5, 0.6) is 5.75 Å². The first-order valence-electron chi connectivity index (χ1n) is 5.15. The molecule has 0 fully saturated rings. The van der Waals surface area contributed by atoms with E-state index in [0.717, 1.165) is 6.26 Å². The van der Waals surface area contributed by atoms with Crippen LogP contribution in [0.25, 0.3) is 0 Å². The van der Waals surface area contributed by atoms with E-state index in [0.29, 0.717) is 12.2 Å². The van der Waals surface area contributed by atoms with Crippen molar-refractivity contribution in [1.29, 1.82) is 0 Å². The fraction of sp³-hybridized carbons (Fsp3) is 0.364. The lowest BCUT2D eigenvalue weighted by atomic mass is 10.1. The zero-order chi connectivity index (χ0) is 13.8. The first kappa shape index (κ1) is 14.8. The third-order valence-electron chi connectivity index (χ3n) is 1.89. The van der Waals surface area contributed by atoms with E-state index >= 15 is 0 Å². The normalized spacial score (nSPS) is 11.1. The van der Waals surface area contributed by atoms with Crippen molar-refractivity contribution in [2.75, 3.05) is 12.9 Å². The summed E-state index contributed by atoms with van der Waals surface area (Å²) in [5.41, 5.74) is 0.566. The van der Waals surface area contributed by atoms with Crippen molar-refractivity contribution in [3.63, 3.8) is 0 Å². The second-order valence-electron chi connectivity index (χ2n) is 3.53. The zero-order valence-corrected chi connectivity index (χ0v) is 11.5. The molecule has 0 heterocycles. The van der Waals surface area contributed by atoms with Crippen molar-refractivity contribution < 1.29 is 22.1 Å². The molecule has 1 rings (SSSR count). The van der Waals surface area contributed by atoms with E-state index in [-0.39, 0.29) is 17.2 Å². The number of ether oxygens (including phenoxy) is 1. The molecule has 0 bridgehead atoms. The monoisotopic (exact) mass is 292 g/mol. The van der Waals surface area contributed by atoms with Gasteiger partial charge in [0.2, 0.25) is 0 Å². The van der Waals surface area contributed by atoms with Gasteiger partial charge in [-0.1, -0.05) is 17.7 Å². The quantitative estimate of drug-likeness (QED) is 0.611. The molecular formula is C11H13ClO5S. The molecule has 0 aliphatic rings. The van der Waals surface area contributed by atoms with Gasteiger partial charge in [0.05, 0.1) is 24.3 Å². The first-order chi connectivity index (χ1) is 8.31. The number of halogens is 1. The molecule has 0 aliphatic carbocycles. The Kier molecular flexibility index (Phi) is 4.98. The maximum absolute atomic E-state index is 11.3. The van der Waals surface area contributed by atoms with Crippen LogP contribution in [0.3, 0.4) is 0 Å². The largest absolute Gasteiger partial charge is 0.466 e. The molecular weight excluding hydrogens is 280 g/mol. The highest BCUT2D eigenvalue weighted by molar-refractivity contribution is 7.86. The molecule has 0 aromatic heterocycles. The number of rotatable bonds is 5. The standard InChI is InChI=1S/C11H13ClO5S/c1-3-16-11(13)7-8-4-5-9(12)10(6-8)17-18(2,14)15/h4-6H,3,7H2,1-2H3. The Bertz CT molecular complexity index is 538. The predicted molar refractivity (Wildman–Crippen MR) is 67.3 cm³/mol. The van der Waals surface area contributed by atoms with Crippen LogP contribution in [0.1, 0.15) is 12.5 Å². The summed E-state index contributed by atoms with van der Waals surface area (Å²) in [6.07, 6.45) is 0.951. The van der Waals surface area contributed by atoms with Crippen LogP contribution in [-0.4, -0.2) is 27.2 Å². The second-order valence-corrected chi connectivity index (χ2v) is 5.52. The molecule has 5 nitrogen and oxygen atoms in total. The van der Waals surface area contributed by atoms with Crippen LogP contribution in [0.4, 0.5) is 0 Å². The summed E-state index contributed by atoms with van der Waals surface area (Å²) >= 11 is 5.79. The topological polar surface area (TPSA) is 69.7 Å². The van der Waals surface area contributed by atoms with Gasteiger partial charge in [0.1, 0.15) is 0 Å². The highest BCUT2D eigenvalue weighted by Crippen LogP contribution is 2.26. The molecule has 0 radical (unpaired) electrons. The smallest absolute Gasteiger partial charge is 0.310 e. The third kappa shape index (κ3) is 4.93. The van der Waals surface area contributed by atoms with Gasteiger partial charge < -0.3 is 8.92 Å². The van der Waals surface area contributed by atoms with Gasteiger partial charge >= 0.3 is 16.1 Å². The summed E-state index contributed by atoms with van der Waals surface area (Å²) in [5, 5.41) is 0.160. The van der Waals surface area contributed by atoms with Crippen molar-refractivity contribution in [1.82, 2.24) is 0 Å². The van der Waals surface area contributed by atoms with Crippen LogP contribution in [0.2, 0.25) is 5.02 Å². The van der Waals surface area contributed by atoms with Crippen LogP contribution >= 0.6 is 11.6 Å². The number of carbonyl (C=O) groups excluding carboxylic acids is 1. The van der Waals surface area contributed by atoms with E-state index in [1.165, 1.54) is 12.1 Å². The highest BCUT2D eigenvalue weighted by Gasteiger charge is 2.11. The second kappa shape index (κ2) is 6.06. The van der Waals surface area contributed by atoms with Crippen LogP contribution in [-0.2, 0) is 26.1 Å². The summed E-state index contributed by atoms with van der Waals surface area (Å²) < 4.78 is 31.5. The van der Waals surface area contributed by atoms with Gasteiger partial charge in [-0.2, -0.15) is 8.42 Å². The molecule has 100 valence electrons. The Labute approximate surface area is 111 Å². The lowest BCUT2D eigenvalue weighted by molar-refractivity contribution is -0.142. The first-order valence-corrected chi connectivity index (χ1v) is 7.34. The van der Waals surface area contributed by atoms with E-state index < -0.39 is 16.1 Å². The van der Waals surface area contributed by atoms with Gasteiger partial charge in [0, 0.05) is 0 Å². The summed E-state index contributed by atoms with van der Waals surface area (Å²) in [6.45, 7) is 2.00. The minimum absolute atomic E-state index is 0.000894. The lowest BCUT2D eigenvalue weighted by Gasteiger charge is -2.07. The predicted octanol–water partition coefficient (Wildman–Crippen LogP) is 1.78. The maximum Gasteiger partial charge on any atom is 0.310 e. The average Bonchev–Trinajstić information content (AvgIpc) is 2.21. The minimum Gasteiger partial charge on any atom is -0.466 e. The molecule has 0 amide bonds. The van der Waals surface area contributed by atoms with Crippen LogP contribution in [0, 0.1) is 0 Å². The van der Waals surface area contributed by atoms with Crippen molar-refractivity contribution in [2.45, 2.75) is 13.3 Å². The number of hydrogen-bond donors (Lipinski definition) is 0. The Hall–Kier alpha value is -1.27. The van der Waals surface area contributed by atoms with Gasteiger partial charge in [-0.25, -0.2) is 0 Å².